The van der Waals surface area contributed by atoms with Gasteiger partial charge in [0.2, 0.25) is 0 Å². The van der Waals surface area contributed by atoms with Crippen LogP contribution in [0.4, 0.5) is 0 Å². The number of aryl methyl sites for hydroxylation is 1. The molecule has 0 atom stereocenters. The Morgan fingerprint density at radius 3 is 2.32 bits per heavy atom. The number of nitrogens with two attached hydrogens (primary N) is 1. The minimum Gasteiger partial charge on any atom is -0.489 e. The summed E-state index contributed by atoms with van der Waals surface area (Å²) in [6.07, 6.45) is 0. The van der Waals surface area contributed by atoms with Crippen LogP contribution in [0, 0.1) is 6.92 Å². The average Bonchev–Trinajstić information content (AvgIpc) is 2.64. The lowest BCUT2D eigenvalue weighted by molar-refractivity contribution is 0.303. The van der Waals surface area contributed by atoms with Gasteiger partial charge in [-0.1, -0.05) is 54.6 Å². The highest BCUT2D eigenvalue weighted by molar-refractivity contribution is 5.29. The molecule has 0 aliphatic heterocycles. The van der Waals surface area contributed by atoms with Gasteiger partial charge in [-0.25, -0.2) is 0 Å². The van der Waals surface area contributed by atoms with E-state index in [1.54, 1.807) is 10.6 Å². The van der Waals surface area contributed by atoms with Gasteiger partial charge in [0, 0.05) is 18.3 Å². The lowest BCUT2D eigenvalue weighted by atomic mass is 10.1. The Morgan fingerprint density at radius 2 is 1.64 bits per heavy atom. The molecule has 1 aromatic heterocycles. The van der Waals surface area contributed by atoms with Crippen LogP contribution in [0.3, 0.4) is 0 Å². The zero-order chi connectivity index (χ0) is 17.6. The van der Waals surface area contributed by atoms with Crippen LogP contribution < -0.4 is 16.0 Å². The number of ether oxygens (including phenoxy) is 1. The minimum atomic E-state index is -0.0639. The van der Waals surface area contributed by atoms with Crippen LogP contribution in [-0.2, 0) is 19.7 Å². The third-order valence-electron chi connectivity index (χ3n) is 4.22. The van der Waals surface area contributed by atoms with E-state index in [2.05, 4.69) is 0 Å². The van der Waals surface area contributed by atoms with E-state index in [0.29, 0.717) is 25.4 Å². The maximum atomic E-state index is 12.5. The fourth-order valence-electron chi connectivity index (χ4n) is 2.81. The largest absolute Gasteiger partial charge is 0.489 e. The molecular formula is C21H22N2O2. The number of hydrogen-bond acceptors (Lipinski definition) is 3. The third-order valence-corrected chi connectivity index (χ3v) is 4.22. The molecule has 0 saturated carbocycles. The number of rotatable bonds is 6. The number of pyridine rings is 1. The molecule has 2 aromatic carbocycles. The van der Waals surface area contributed by atoms with Crippen LogP contribution in [0.5, 0.6) is 5.75 Å². The van der Waals surface area contributed by atoms with Gasteiger partial charge < -0.3 is 15.0 Å². The normalized spacial score (nSPS) is 10.6. The molecule has 4 heteroatoms. The van der Waals surface area contributed by atoms with Gasteiger partial charge in [-0.05, 0) is 29.7 Å². The van der Waals surface area contributed by atoms with E-state index < -0.39 is 0 Å². The van der Waals surface area contributed by atoms with E-state index in [4.69, 9.17) is 10.5 Å². The lowest BCUT2D eigenvalue weighted by Gasteiger charge is -2.13. The summed E-state index contributed by atoms with van der Waals surface area (Å²) in [7, 11) is 0. The van der Waals surface area contributed by atoms with Crippen LogP contribution in [0.15, 0.2) is 71.5 Å². The van der Waals surface area contributed by atoms with Crippen molar-refractivity contribution in [2.45, 2.75) is 26.6 Å². The first-order chi connectivity index (χ1) is 12.2. The van der Waals surface area contributed by atoms with E-state index in [9.17, 15) is 4.79 Å². The second kappa shape index (κ2) is 7.81. The molecular weight excluding hydrogens is 312 g/mol. The Balaban J connectivity index is 1.77. The maximum Gasteiger partial charge on any atom is 0.254 e. The minimum absolute atomic E-state index is 0.0639. The summed E-state index contributed by atoms with van der Waals surface area (Å²) in [5.74, 6) is 0.582. The quantitative estimate of drug-likeness (QED) is 0.753. The van der Waals surface area contributed by atoms with Crippen molar-refractivity contribution in [3.63, 3.8) is 0 Å². The molecule has 0 fully saturated rings. The standard InChI is InChI=1S/C21H22N2O2/c1-16-11-20(25-15-19-10-6-5-9-18(19)13-22)12-21(24)23(16)14-17-7-3-2-4-8-17/h2-12H,13-15,22H2,1H3. The van der Waals surface area contributed by atoms with Crippen LogP contribution in [-0.4, -0.2) is 4.57 Å². The molecule has 0 aliphatic rings. The summed E-state index contributed by atoms with van der Waals surface area (Å²) in [4.78, 5) is 12.5. The molecule has 3 rings (SSSR count). The van der Waals surface area contributed by atoms with Crippen LogP contribution in [0.25, 0.3) is 0 Å². The zero-order valence-electron chi connectivity index (χ0n) is 14.3. The first kappa shape index (κ1) is 17.0. The lowest BCUT2D eigenvalue weighted by Crippen LogP contribution is -2.22. The third kappa shape index (κ3) is 4.17. The fraction of sp³-hybridized carbons (Fsp3) is 0.190. The first-order valence-corrected chi connectivity index (χ1v) is 8.32. The highest BCUT2D eigenvalue weighted by atomic mass is 16.5. The second-order valence-corrected chi connectivity index (χ2v) is 6.00. The molecule has 0 saturated heterocycles. The highest BCUT2D eigenvalue weighted by Crippen LogP contribution is 2.15. The predicted molar refractivity (Wildman–Crippen MR) is 99.6 cm³/mol. The molecule has 3 aromatic rings. The van der Waals surface area contributed by atoms with Crippen molar-refractivity contribution in [3.05, 3.63) is 99.5 Å². The Bertz CT molecular complexity index is 901. The summed E-state index contributed by atoms with van der Waals surface area (Å²) in [5.41, 5.74) is 9.75. The molecule has 1 heterocycles. The molecule has 0 unspecified atom stereocenters. The molecule has 4 nitrogen and oxygen atoms in total. The van der Waals surface area contributed by atoms with Gasteiger partial charge in [0.25, 0.3) is 5.56 Å². The summed E-state index contributed by atoms with van der Waals surface area (Å²) in [5, 5.41) is 0. The van der Waals surface area contributed by atoms with Gasteiger partial charge in [-0.3, -0.25) is 4.79 Å². The Labute approximate surface area is 147 Å². The van der Waals surface area contributed by atoms with E-state index in [1.807, 2.05) is 67.6 Å². The van der Waals surface area contributed by atoms with E-state index in [-0.39, 0.29) is 5.56 Å². The van der Waals surface area contributed by atoms with Crippen LogP contribution in [0.1, 0.15) is 22.4 Å². The number of nitrogens with zero attached hydrogens (tertiary/aromatic N) is 1. The average molecular weight is 334 g/mol. The van der Waals surface area contributed by atoms with Crippen LogP contribution in [0.2, 0.25) is 0 Å². The summed E-state index contributed by atoms with van der Waals surface area (Å²) in [6, 6.07) is 21.3. The van der Waals surface area contributed by atoms with Gasteiger partial charge in [0.1, 0.15) is 12.4 Å². The van der Waals surface area contributed by atoms with E-state index in [0.717, 1.165) is 22.4 Å². The zero-order valence-corrected chi connectivity index (χ0v) is 14.3. The summed E-state index contributed by atoms with van der Waals surface area (Å²) < 4.78 is 7.58. The van der Waals surface area contributed by atoms with Gasteiger partial charge >= 0.3 is 0 Å². The van der Waals surface area contributed by atoms with Crippen molar-refractivity contribution in [1.29, 1.82) is 0 Å². The Hall–Kier alpha value is -2.85. The van der Waals surface area contributed by atoms with Crippen molar-refractivity contribution in [3.8, 4) is 5.75 Å². The first-order valence-electron chi connectivity index (χ1n) is 8.32. The van der Waals surface area contributed by atoms with Crippen molar-refractivity contribution < 1.29 is 4.74 Å². The number of benzene rings is 2. The smallest absolute Gasteiger partial charge is 0.254 e. The molecule has 25 heavy (non-hydrogen) atoms. The second-order valence-electron chi connectivity index (χ2n) is 6.00. The van der Waals surface area contributed by atoms with Crippen molar-refractivity contribution in [2.75, 3.05) is 0 Å². The molecule has 0 radical (unpaired) electrons. The van der Waals surface area contributed by atoms with E-state index >= 15 is 0 Å². The molecule has 0 aliphatic carbocycles. The Kier molecular flexibility index (Phi) is 5.31. The van der Waals surface area contributed by atoms with Gasteiger partial charge in [0.15, 0.2) is 0 Å². The summed E-state index contributed by atoms with van der Waals surface area (Å²) in [6.45, 7) is 3.35. The highest BCUT2D eigenvalue weighted by Gasteiger charge is 2.07. The van der Waals surface area contributed by atoms with Crippen molar-refractivity contribution >= 4 is 0 Å². The predicted octanol–water partition coefficient (Wildman–Crippen LogP) is 3.24. The van der Waals surface area contributed by atoms with Gasteiger partial charge in [-0.15, -0.1) is 0 Å². The van der Waals surface area contributed by atoms with Crippen molar-refractivity contribution in [1.82, 2.24) is 4.57 Å². The van der Waals surface area contributed by atoms with E-state index in [1.165, 1.54) is 0 Å². The SMILES string of the molecule is Cc1cc(OCc2ccccc2CN)cc(=O)n1Cc1ccccc1. The Morgan fingerprint density at radius 1 is 0.960 bits per heavy atom. The fourth-order valence-corrected chi connectivity index (χ4v) is 2.81. The van der Waals surface area contributed by atoms with Crippen molar-refractivity contribution in [2.24, 2.45) is 5.73 Å². The molecule has 0 bridgehead atoms. The molecule has 2 N–H and O–H groups in total. The number of aromatic nitrogens is 1. The van der Waals surface area contributed by atoms with Crippen LogP contribution >= 0.6 is 0 Å². The number of hydrogen-bond donors (Lipinski definition) is 1. The van der Waals surface area contributed by atoms with Gasteiger partial charge in [-0.2, -0.15) is 0 Å². The summed E-state index contributed by atoms with van der Waals surface area (Å²) >= 11 is 0. The molecule has 0 spiro atoms. The maximum absolute atomic E-state index is 12.5. The van der Waals surface area contributed by atoms with Gasteiger partial charge in [0.05, 0.1) is 6.54 Å². The monoisotopic (exact) mass is 334 g/mol. The topological polar surface area (TPSA) is 57.2 Å². The molecule has 128 valence electrons. The molecule has 0 amide bonds.